The molecule has 4 nitrogen and oxygen atoms in total. The third-order valence-corrected chi connectivity index (χ3v) is 4.15. The number of methoxy groups -OCH3 is 1. The van der Waals surface area contributed by atoms with Gasteiger partial charge in [-0.15, -0.1) is 0 Å². The van der Waals surface area contributed by atoms with Gasteiger partial charge in [0.05, 0.1) is 7.11 Å². The molecule has 1 heterocycles. The maximum Gasteiger partial charge on any atom is 0.131 e. The van der Waals surface area contributed by atoms with Crippen LogP contribution in [0.4, 0.5) is 4.39 Å². The van der Waals surface area contributed by atoms with E-state index in [9.17, 15) is 4.39 Å². The van der Waals surface area contributed by atoms with Crippen LogP contribution in [0.5, 0.6) is 5.75 Å². The van der Waals surface area contributed by atoms with Crippen molar-refractivity contribution in [2.75, 3.05) is 40.3 Å². The summed E-state index contributed by atoms with van der Waals surface area (Å²) in [5, 5.41) is 0. The van der Waals surface area contributed by atoms with Crippen molar-refractivity contribution in [1.29, 1.82) is 0 Å². The van der Waals surface area contributed by atoms with E-state index in [0.717, 1.165) is 19.6 Å². The fraction of sp³-hybridized carbons (Fsp3) is 0.600. The Hall–Kier alpha value is -1.17. The number of piperazine rings is 1. The number of rotatable bonds is 4. The number of hydrogen-bond donors (Lipinski definition) is 1. The average molecular weight is 281 g/mol. The first kappa shape index (κ1) is 15.2. The minimum Gasteiger partial charge on any atom is -0.496 e. The van der Waals surface area contributed by atoms with Crippen molar-refractivity contribution < 1.29 is 9.13 Å². The van der Waals surface area contributed by atoms with E-state index in [1.54, 1.807) is 13.2 Å². The average Bonchev–Trinajstić information content (AvgIpc) is 2.46. The maximum absolute atomic E-state index is 14.2. The van der Waals surface area contributed by atoms with Gasteiger partial charge in [0.15, 0.2) is 0 Å². The van der Waals surface area contributed by atoms with Crippen LogP contribution < -0.4 is 10.5 Å². The van der Waals surface area contributed by atoms with Crippen molar-refractivity contribution in [3.63, 3.8) is 0 Å². The van der Waals surface area contributed by atoms with Gasteiger partial charge in [0.2, 0.25) is 0 Å². The van der Waals surface area contributed by atoms with Gasteiger partial charge in [-0.2, -0.15) is 0 Å². The number of nitrogens with zero attached hydrogens (tertiary/aromatic N) is 2. The highest BCUT2D eigenvalue weighted by molar-refractivity contribution is 5.37. The molecule has 1 aromatic carbocycles. The predicted octanol–water partition coefficient (Wildman–Crippen LogP) is 1.47. The van der Waals surface area contributed by atoms with Crippen molar-refractivity contribution in [3.8, 4) is 5.75 Å². The lowest BCUT2D eigenvalue weighted by Crippen LogP contribution is -2.55. The monoisotopic (exact) mass is 281 g/mol. The van der Waals surface area contributed by atoms with Crippen LogP contribution in [0.15, 0.2) is 18.2 Å². The summed E-state index contributed by atoms with van der Waals surface area (Å²) in [6.45, 7) is 5.37. The van der Waals surface area contributed by atoms with Gasteiger partial charge in [-0.3, -0.25) is 4.90 Å². The fourth-order valence-electron chi connectivity index (χ4n) is 3.01. The SMILES string of the molecule is COc1cccc(F)c1C(C)N1CCN(C)CC1CN. The van der Waals surface area contributed by atoms with Gasteiger partial charge in [0.25, 0.3) is 0 Å². The maximum atomic E-state index is 14.2. The summed E-state index contributed by atoms with van der Waals surface area (Å²) in [6, 6.07) is 5.17. The lowest BCUT2D eigenvalue weighted by atomic mass is 10.0. The summed E-state index contributed by atoms with van der Waals surface area (Å²) >= 11 is 0. The molecule has 2 atom stereocenters. The molecular formula is C15H24FN3O. The summed E-state index contributed by atoms with van der Waals surface area (Å²) in [5.41, 5.74) is 6.51. The quantitative estimate of drug-likeness (QED) is 0.907. The molecule has 112 valence electrons. The van der Waals surface area contributed by atoms with E-state index in [0.29, 0.717) is 17.9 Å². The lowest BCUT2D eigenvalue weighted by molar-refractivity contribution is 0.0599. The highest BCUT2D eigenvalue weighted by Crippen LogP contribution is 2.33. The molecule has 1 fully saturated rings. The van der Waals surface area contributed by atoms with Crippen molar-refractivity contribution in [1.82, 2.24) is 9.80 Å². The minimum atomic E-state index is -0.216. The highest BCUT2D eigenvalue weighted by Gasteiger charge is 2.31. The molecule has 1 aromatic rings. The van der Waals surface area contributed by atoms with Crippen LogP contribution in [0.3, 0.4) is 0 Å². The Labute approximate surface area is 120 Å². The van der Waals surface area contributed by atoms with E-state index in [2.05, 4.69) is 16.8 Å². The topological polar surface area (TPSA) is 41.7 Å². The number of benzene rings is 1. The molecule has 0 bridgehead atoms. The number of ether oxygens (including phenoxy) is 1. The fourth-order valence-corrected chi connectivity index (χ4v) is 3.01. The minimum absolute atomic E-state index is 0.0478. The van der Waals surface area contributed by atoms with Gasteiger partial charge in [-0.1, -0.05) is 6.07 Å². The third-order valence-electron chi connectivity index (χ3n) is 4.15. The van der Waals surface area contributed by atoms with Crippen molar-refractivity contribution in [2.24, 2.45) is 5.73 Å². The molecular weight excluding hydrogens is 257 g/mol. The highest BCUT2D eigenvalue weighted by atomic mass is 19.1. The first-order valence-electron chi connectivity index (χ1n) is 7.05. The van der Waals surface area contributed by atoms with E-state index >= 15 is 0 Å². The summed E-state index contributed by atoms with van der Waals surface area (Å²) in [7, 11) is 3.67. The molecule has 1 aliphatic heterocycles. The molecule has 20 heavy (non-hydrogen) atoms. The van der Waals surface area contributed by atoms with E-state index < -0.39 is 0 Å². The molecule has 5 heteroatoms. The molecule has 2 rings (SSSR count). The molecule has 0 saturated carbocycles. The van der Waals surface area contributed by atoms with Crippen LogP contribution in [-0.4, -0.2) is 56.2 Å². The van der Waals surface area contributed by atoms with Gasteiger partial charge in [-0.05, 0) is 26.1 Å². The molecule has 2 N–H and O–H groups in total. The second-order valence-electron chi connectivity index (χ2n) is 5.42. The van der Waals surface area contributed by atoms with Crippen LogP contribution in [0, 0.1) is 5.82 Å². The molecule has 1 saturated heterocycles. The molecule has 1 aliphatic rings. The third kappa shape index (κ3) is 2.95. The summed E-state index contributed by atoms with van der Waals surface area (Å²) in [6.07, 6.45) is 0. The second-order valence-corrected chi connectivity index (χ2v) is 5.42. The van der Waals surface area contributed by atoms with E-state index in [1.807, 2.05) is 13.0 Å². The number of nitrogens with two attached hydrogens (primary N) is 1. The Bertz CT molecular complexity index is 455. The Morgan fingerprint density at radius 2 is 2.20 bits per heavy atom. The number of hydrogen-bond acceptors (Lipinski definition) is 4. The lowest BCUT2D eigenvalue weighted by Gasteiger charge is -2.43. The van der Waals surface area contributed by atoms with Crippen molar-refractivity contribution >= 4 is 0 Å². The zero-order chi connectivity index (χ0) is 14.7. The molecule has 0 spiro atoms. The molecule has 0 amide bonds. The Morgan fingerprint density at radius 1 is 1.45 bits per heavy atom. The normalized spacial score (nSPS) is 22.8. The first-order chi connectivity index (χ1) is 9.58. The Balaban J connectivity index is 2.28. The van der Waals surface area contributed by atoms with Crippen LogP contribution in [-0.2, 0) is 0 Å². The van der Waals surface area contributed by atoms with Gasteiger partial charge in [0.1, 0.15) is 11.6 Å². The van der Waals surface area contributed by atoms with E-state index in [4.69, 9.17) is 10.5 Å². The van der Waals surface area contributed by atoms with Gasteiger partial charge >= 0.3 is 0 Å². The second kappa shape index (κ2) is 6.52. The standard InChI is InChI=1S/C15H24FN3O/c1-11(15-13(16)5-4-6-14(15)20-3)19-8-7-18(2)10-12(19)9-17/h4-6,11-12H,7-10,17H2,1-3H3. The zero-order valence-corrected chi connectivity index (χ0v) is 12.5. The number of likely N-dealkylation sites (N-methyl/N-ethyl adjacent to an activating group) is 1. The summed E-state index contributed by atoms with van der Waals surface area (Å²) in [5.74, 6) is 0.388. The van der Waals surface area contributed by atoms with E-state index in [1.165, 1.54) is 6.07 Å². The van der Waals surface area contributed by atoms with E-state index in [-0.39, 0.29) is 17.9 Å². The van der Waals surface area contributed by atoms with Crippen molar-refractivity contribution in [2.45, 2.75) is 19.0 Å². The van der Waals surface area contributed by atoms with Crippen LogP contribution in [0.1, 0.15) is 18.5 Å². The van der Waals surface area contributed by atoms with Crippen LogP contribution in [0.25, 0.3) is 0 Å². The smallest absolute Gasteiger partial charge is 0.131 e. The molecule has 2 unspecified atom stereocenters. The predicted molar refractivity (Wildman–Crippen MR) is 78.4 cm³/mol. The van der Waals surface area contributed by atoms with Gasteiger partial charge in [0, 0.05) is 43.8 Å². The van der Waals surface area contributed by atoms with Crippen molar-refractivity contribution in [3.05, 3.63) is 29.6 Å². The Kier molecular flexibility index (Phi) is 4.96. The summed E-state index contributed by atoms with van der Waals surface area (Å²) < 4.78 is 19.5. The van der Waals surface area contributed by atoms with Gasteiger partial charge < -0.3 is 15.4 Å². The Morgan fingerprint density at radius 3 is 2.85 bits per heavy atom. The van der Waals surface area contributed by atoms with Gasteiger partial charge in [-0.25, -0.2) is 4.39 Å². The molecule has 0 aliphatic carbocycles. The summed E-state index contributed by atoms with van der Waals surface area (Å²) in [4.78, 5) is 4.54. The zero-order valence-electron chi connectivity index (χ0n) is 12.5. The first-order valence-corrected chi connectivity index (χ1v) is 7.05. The van der Waals surface area contributed by atoms with Crippen LogP contribution >= 0.6 is 0 Å². The van der Waals surface area contributed by atoms with Crippen LogP contribution in [0.2, 0.25) is 0 Å². The molecule has 0 aromatic heterocycles. The largest absolute Gasteiger partial charge is 0.496 e. The number of halogens is 1. The molecule has 0 radical (unpaired) electrons.